The predicted octanol–water partition coefficient (Wildman–Crippen LogP) is 15.1. The van der Waals surface area contributed by atoms with Crippen molar-refractivity contribution in [1.29, 1.82) is 0 Å². The Morgan fingerprint density at radius 1 is 0.422 bits per heavy atom. The van der Waals surface area contributed by atoms with Gasteiger partial charge in [0.2, 0.25) is 0 Å². The lowest BCUT2D eigenvalue weighted by atomic mass is 10.0. The smallest absolute Gasteiger partial charge is 0.167 e. The van der Waals surface area contributed by atoms with Crippen LogP contribution in [0.4, 0.5) is 0 Å². The molecule has 1 aliphatic rings. The Morgan fingerprint density at radius 2 is 1.08 bits per heavy atom. The largest absolute Gasteiger partial charge is 0.455 e. The van der Waals surface area contributed by atoms with Crippen LogP contribution in [0.15, 0.2) is 214 Å². The van der Waals surface area contributed by atoms with Gasteiger partial charge >= 0.3 is 0 Å². The molecule has 0 bridgehead atoms. The molecular formula is C57H33N5OS. The molecule has 4 aromatic heterocycles. The minimum atomic E-state index is 0.559. The second-order valence-electron chi connectivity index (χ2n) is 16.4. The molecule has 0 saturated heterocycles. The number of fused-ring (bicyclic) bond motifs is 11. The number of furan rings is 1. The Hall–Kier alpha value is -8.26. The van der Waals surface area contributed by atoms with Gasteiger partial charge in [-0.05, 0) is 76.5 Å². The number of benzene rings is 9. The van der Waals surface area contributed by atoms with Crippen molar-refractivity contribution in [2.75, 3.05) is 0 Å². The molecular weight excluding hydrogens is 803 g/mol. The van der Waals surface area contributed by atoms with Gasteiger partial charge in [0.05, 0.1) is 22.3 Å². The van der Waals surface area contributed by atoms with Crippen molar-refractivity contribution in [3.63, 3.8) is 0 Å². The van der Waals surface area contributed by atoms with Gasteiger partial charge in [-0.15, -0.1) is 0 Å². The molecule has 9 aromatic carbocycles. The van der Waals surface area contributed by atoms with E-state index in [1.54, 1.807) is 0 Å². The summed E-state index contributed by atoms with van der Waals surface area (Å²) >= 11 is 1.84. The van der Waals surface area contributed by atoms with Gasteiger partial charge in [-0.2, -0.15) is 0 Å². The van der Waals surface area contributed by atoms with Crippen LogP contribution >= 0.6 is 11.8 Å². The molecule has 64 heavy (non-hydrogen) atoms. The van der Waals surface area contributed by atoms with Crippen molar-refractivity contribution in [2.24, 2.45) is 0 Å². The quantitative estimate of drug-likeness (QED) is 0.173. The first-order valence-corrected chi connectivity index (χ1v) is 22.3. The molecule has 7 heteroatoms. The third-order valence-corrected chi connectivity index (χ3v) is 13.8. The molecule has 0 radical (unpaired) electrons. The maximum atomic E-state index is 6.52. The molecule has 1 aliphatic heterocycles. The predicted molar refractivity (Wildman–Crippen MR) is 262 cm³/mol. The lowest BCUT2D eigenvalue weighted by molar-refractivity contribution is 0.669. The van der Waals surface area contributed by atoms with Crippen molar-refractivity contribution in [2.45, 2.75) is 9.79 Å². The molecule has 0 atom stereocenters. The molecule has 14 rings (SSSR count). The van der Waals surface area contributed by atoms with E-state index in [-0.39, 0.29) is 0 Å². The average molecular weight is 836 g/mol. The summed E-state index contributed by atoms with van der Waals surface area (Å²) < 4.78 is 11.4. The lowest BCUT2D eigenvalue weighted by Crippen LogP contribution is -2.05. The Kier molecular flexibility index (Phi) is 7.52. The first-order chi connectivity index (χ1) is 31.7. The van der Waals surface area contributed by atoms with E-state index >= 15 is 0 Å². The number of hydrogen-bond donors (Lipinski definition) is 0. The number of hydrogen-bond acceptors (Lipinski definition) is 5. The molecule has 0 amide bonds. The van der Waals surface area contributed by atoms with E-state index in [1.807, 2.05) is 36.0 Å². The number of nitrogens with zero attached hydrogens (tertiary/aromatic N) is 5. The lowest BCUT2D eigenvalue weighted by Gasteiger charge is -2.22. The maximum Gasteiger partial charge on any atom is 0.167 e. The third kappa shape index (κ3) is 5.19. The molecule has 0 spiro atoms. The highest BCUT2D eigenvalue weighted by molar-refractivity contribution is 7.99. The molecule has 298 valence electrons. The molecule has 0 fully saturated rings. The van der Waals surface area contributed by atoms with Gasteiger partial charge in [-0.25, -0.2) is 15.0 Å². The SMILES string of the molecule is c1ccc(-n2c3ccccc3c3c4cccc5c4n(c32)-c2ccc(-c3cccc(-c4nc(-c6cccc7ccccc67)nc(-c6cccc7c6oc6ccccc67)n4)c3)cc2S5)cc1. The van der Waals surface area contributed by atoms with E-state index in [9.17, 15) is 0 Å². The zero-order valence-corrected chi connectivity index (χ0v) is 34.9. The van der Waals surface area contributed by atoms with E-state index in [0.29, 0.717) is 17.5 Å². The number of aromatic nitrogens is 5. The van der Waals surface area contributed by atoms with Crippen molar-refractivity contribution >= 4 is 77.3 Å². The summed E-state index contributed by atoms with van der Waals surface area (Å²) in [5.41, 5.74) is 12.4. The van der Waals surface area contributed by atoms with Crippen LogP contribution in [-0.4, -0.2) is 24.1 Å². The molecule has 0 N–H and O–H groups in total. The molecule has 0 aliphatic carbocycles. The second kappa shape index (κ2) is 13.6. The third-order valence-electron chi connectivity index (χ3n) is 12.8. The number of rotatable bonds is 5. The fourth-order valence-electron chi connectivity index (χ4n) is 9.93. The van der Waals surface area contributed by atoms with Gasteiger partial charge in [-0.1, -0.05) is 157 Å². The van der Waals surface area contributed by atoms with Crippen molar-refractivity contribution in [1.82, 2.24) is 24.1 Å². The Labute approximate surface area is 370 Å². The van der Waals surface area contributed by atoms with E-state index < -0.39 is 0 Å². The van der Waals surface area contributed by atoms with Crippen LogP contribution in [-0.2, 0) is 0 Å². The molecule has 13 aromatic rings. The number of para-hydroxylation sites is 5. The zero-order chi connectivity index (χ0) is 41.9. The van der Waals surface area contributed by atoms with Crippen LogP contribution in [0.25, 0.3) is 122 Å². The van der Waals surface area contributed by atoms with Crippen LogP contribution in [0.5, 0.6) is 0 Å². The summed E-state index contributed by atoms with van der Waals surface area (Å²) in [6.07, 6.45) is 0. The Morgan fingerprint density at radius 3 is 2.00 bits per heavy atom. The van der Waals surface area contributed by atoms with Gasteiger partial charge < -0.3 is 4.42 Å². The highest BCUT2D eigenvalue weighted by Crippen LogP contribution is 2.50. The van der Waals surface area contributed by atoms with Crippen molar-refractivity contribution in [3.05, 3.63) is 200 Å². The van der Waals surface area contributed by atoms with Crippen LogP contribution in [0.2, 0.25) is 0 Å². The normalized spacial score (nSPS) is 12.3. The van der Waals surface area contributed by atoms with E-state index in [2.05, 4.69) is 185 Å². The van der Waals surface area contributed by atoms with Crippen LogP contribution in [0.3, 0.4) is 0 Å². The fourth-order valence-corrected chi connectivity index (χ4v) is 11.1. The van der Waals surface area contributed by atoms with Gasteiger partial charge in [-0.3, -0.25) is 9.13 Å². The summed E-state index contributed by atoms with van der Waals surface area (Å²) in [6.45, 7) is 0. The summed E-state index contributed by atoms with van der Waals surface area (Å²) in [6, 6.07) is 70.7. The summed E-state index contributed by atoms with van der Waals surface area (Å²) in [5.74, 6) is 1.76. The minimum absolute atomic E-state index is 0.559. The summed E-state index contributed by atoms with van der Waals surface area (Å²) in [5, 5.41) is 8.09. The van der Waals surface area contributed by atoms with Gasteiger partial charge in [0, 0.05) is 53.5 Å². The Balaban J connectivity index is 0.940. The second-order valence-corrected chi connectivity index (χ2v) is 17.4. The molecule has 6 nitrogen and oxygen atoms in total. The molecule has 0 saturated carbocycles. The van der Waals surface area contributed by atoms with E-state index in [4.69, 9.17) is 19.4 Å². The van der Waals surface area contributed by atoms with Crippen molar-refractivity contribution < 1.29 is 4.42 Å². The van der Waals surface area contributed by atoms with Crippen LogP contribution in [0.1, 0.15) is 0 Å². The summed E-state index contributed by atoms with van der Waals surface area (Å²) in [7, 11) is 0. The Bertz CT molecular complexity index is 4060. The van der Waals surface area contributed by atoms with Gasteiger partial charge in [0.1, 0.15) is 16.8 Å². The monoisotopic (exact) mass is 835 g/mol. The van der Waals surface area contributed by atoms with E-state index in [1.165, 1.54) is 48.3 Å². The van der Waals surface area contributed by atoms with Gasteiger partial charge in [0.25, 0.3) is 0 Å². The van der Waals surface area contributed by atoms with Crippen molar-refractivity contribution in [3.8, 4) is 56.7 Å². The van der Waals surface area contributed by atoms with Crippen LogP contribution in [0, 0.1) is 0 Å². The molecule has 5 heterocycles. The molecule has 0 unspecified atom stereocenters. The first-order valence-electron chi connectivity index (χ1n) is 21.4. The van der Waals surface area contributed by atoms with Crippen LogP contribution < -0.4 is 0 Å². The van der Waals surface area contributed by atoms with Gasteiger partial charge in [0.15, 0.2) is 17.5 Å². The summed E-state index contributed by atoms with van der Waals surface area (Å²) in [4.78, 5) is 18.1. The highest BCUT2D eigenvalue weighted by Gasteiger charge is 2.28. The maximum absolute atomic E-state index is 6.52. The fraction of sp³-hybridized carbons (Fsp3) is 0. The average Bonchev–Trinajstić information content (AvgIpc) is 4.03. The van der Waals surface area contributed by atoms with E-state index in [0.717, 1.165) is 66.2 Å². The minimum Gasteiger partial charge on any atom is -0.455 e. The topological polar surface area (TPSA) is 61.7 Å². The standard InChI is InChI=1S/C57H33N5OS/c1-2-18-38(19-3-1)61-46-27-8-6-22-43(46)51-44-25-13-29-49-52(44)62(57(51)61)47-31-30-36(33-50(47)64-49)35-16-10-17-37(32-35)54-58-55(42-24-11-15-34-14-4-5-20-39(34)42)60-56(59-54)45-26-12-23-41-40-21-7-9-28-48(40)63-53(41)45/h1-33H. The highest BCUT2D eigenvalue weighted by atomic mass is 32.2. The first kappa shape index (κ1) is 35.3. The zero-order valence-electron chi connectivity index (χ0n) is 34.1.